The van der Waals surface area contributed by atoms with Gasteiger partial charge in [0.2, 0.25) is 0 Å². The molecule has 2 aliphatic carbocycles. The maximum atomic E-state index is 2.36. The third-order valence-electron chi connectivity index (χ3n) is 7.45. The van der Waals surface area contributed by atoms with Crippen molar-refractivity contribution in [3.63, 3.8) is 0 Å². The second-order valence-electron chi connectivity index (χ2n) is 8.93. The molecule has 2 aliphatic rings. The van der Waals surface area contributed by atoms with Crippen molar-refractivity contribution in [3.8, 4) is 33.4 Å². The molecule has 0 saturated heterocycles. The van der Waals surface area contributed by atoms with E-state index in [1.54, 1.807) is 0 Å². The van der Waals surface area contributed by atoms with Crippen LogP contribution in [-0.2, 0) is 5.41 Å². The van der Waals surface area contributed by atoms with Crippen LogP contribution in [0.1, 0.15) is 27.8 Å². The molecule has 0 heteroatoms. The molecule has 0 heterocycles. The molecule has 0 atom stereocenters. The molecule has 0 bridgehead atoms. The molecular weight excluding hydrogens is 384 g/mol. The molecular formula is C32H22. The smallest absolute Gasteiger partial charge is 0.0619 e. The van der Waals surface area contributed by atoms with Gasteiger partial charge < -0.3 is 0 Å². The van der Waals surface area contributed by atoms with E-state index < -0.39 is 0 Å². The first-order chi connectivity index (χ1) is 15.8. The summed E-state index contributed by atoms with van der Waals surface area (Å²) >= 11 is 0. The van der Waals surface area contributed by atoms with E-state index in [2.05, 4.69) is 122 Å². The Bertz CT molecular complexity index is 1490. The largest absolute Gasteiger partial charge is 0.0725 e. The van der Waals surface area contributed by atoms with Gasteiger partial charge in [-0.05, 0) is 68.1 Å². The number of hydrogen-bond donors (Lipinski definition) is 0. The number of rotatable bonds is 0. The minimum absolute atomic E-state index is 0.343. The van der Waals surface area contributed by atoms with Gasteiger partial charge in [-0.2, -0.15) is 0 Å². The SMILES string of the molecule is Cc1cccc2c1-c1ccccc1-c1ccccc1C21c2ccccc2-c2ccccc21. The maximum absolute atomic E-state index is 2.36. The van der Waals surface area contributed by atoms with E-state index in [0.717, 1.165) is 0 Å². The Hall–Kier alpha value is -3.90. The van der Waals surface area contributed by atoms with Crippen molar-refractivity contribution in [1.82, 2.24) is 0 Å². The van der Waals surface area contributed by atoms with Crippen molar-refractivity contribution in [3.05, 3.63) is 143 Å². The van der Waals surface area contributed by atoms with E-state index in [9.17, 15) is 0 Å². The molecule has 0 amide bonds. The Morgan fingerprint density at radius 3 is 1.34 bits per heavy atom. The summed E-state index contributed by atoms with van der Waals surface area (Å²) in [7, 11) is 0. The minimum atomic E-state index is -0.343. The lowest BCUT2D eigenvalue weighted by molar-refractivity contribution is 0.774. The summed E-state index contributed by atoms with van der Waals surface area (Å²) in [4.78, 5) is 0. The molecule has 0 N–H and O–H groups in total. The zero-order valence-corrected chi connectivity index (χ0v) is 18.0. The highest BCUT2D eigenvalue weighted by Crippen LogP contribution is 2.61. The van der Waals surface area contributed by atoms with Crippen molar-refractivity contribution in [2.75, 3.05) is 0 Å². The van der Waals surface area contributed by atoms with Gasteiger partial charge in [-0.1, -0.05) is 115 Å². The predicted molar refractivity (Wildman–Crippen MR) is 133 cm³/mol. The second kappa shape index (κ2) is 6.31. The van der Waals surface area contributed by atoms with Gasteiger partial charge in [-0.3, -0.25) is 0 Å². The van der Waals surface area contributed by atoms with Gasteiger partial charge in [-0.15, -0.1) is 0 Å². The van der Waals surface area contributed by atoms with Gasteiger partial charge in [0.25, 0.3) is 0 Å². The monoisotopic (exact) mass is 406 g/mol. The quantitative estimate of drug-likeness (QED) is 0.239. The molecule has 1 spiro atoms. The van der Waals surface area contributed by atoms with Crippen LogP contribution in [0, 0.1) is 6.92 Å². The first-order valence-electron chi connectivity index (χ1n) is 11.3. The fourth-order valence-corrected chi connectivity index (χ4v) is 6.28. The first-order valence-corrected chi connectivity index (χ1v) is 11.3. The zero-order valence-electron chi connectivity index (χ0n) is 18.0. The Morgan fingerprint density at radius 1 is 0.375 bits per heavy atom. The highest BCUT2D eigenvalue weighted by molar-refractivity contribution is 5.97. The molecule has 32 heavy (non-hydrogen) atoms. The van der Waals surface area contributed by atoms with Crippen LogP contribution < -0.4 is 0 Å². The van der Waals surface area contributed by atoms with Crippen molar-refractivity contribution in [2.45, 2.75) is 12.3 Å². The van der Waals surface area contributed by atoms with Crippen LogP contribution in [0.4, 0.5) is 0 Å². The van der Waals surface area contributed by atoms with Crippen LogP contribution in [0.25, 0.3) is 33.4 Å². The normalized spacial score (nSPS) is 14.0. The number of aryl methyl sites for hydroxylation is 1. The summed E-state index contributed by atoms with van der Waals surface area (Å²) in [5, 5.41) is 0. The van der Waals surface area contributed by atoms with Gasteiger partial charge in [0.1, 0.15) is 0 Å². The van der Waals surface area contributed by atoms with E-state index >= 15 is 0 Å². The lowest BCUT2D eigenvalue weighted by Crippen LogP contribution is -2.29. The Morgan fingerprint density at radius 2 is 0.781 bits per heavy atom. The second-order valence-corrected chi connectivity index (χ2v) is 8.93. The fraction of sp³-hybridized carbons (Fsp3) is 0.0625. The number of benzene rings is 5. The number of hydrogen-bond acceptors (Lipinski definition) is 0. The molecule has 0 nitrogen and oxygen atoms in total. The van der Waals surface area contributed by atoms with Crippen LogP contribution in [0.15, 0.2) is 115 Å². The van der Waals surface area contributed by atoms with Crippen LogP contribution in [0.3, 0.4) is 0 Å². The molecule has 5 aromatic rings. The van der Waals surface area contributed by atoms with Crippen LogP contribution in [0.5, 0.6) is 0 Å². The molecule has 0 fully saturated rings. The molecule has 0 radical (unpaired) electrons. The lowest BCUT2D eigenvalue weighted by Gasteiger charge is -2.35. The lowest BCUT2D eigenvalue weighted by atomic mass is 9.65. The van der Waals surface area contributed by atoms with Gasteiger partial charge >= 0.3 is 0 Å². The van der Waals surface area contributed by atoms with Gasteiger partial charge in [-0.25, -0.2) is 0 Å². The van der Waals surface area contributed by atoms with Crippen molar-refractivity contribution in [1.29, 1.82) is 0 Å². The maximum Gasteiger partial charge on any atom is 0.0725 e. The van der Waals surface area contributed by atoms with Crippen LogP contribution in [0.2, 0.25) is 0 Å². The minimum Gasteiger partial charge on any atom is -0.0619 e. The predicted octanol–water partition coefficient (Wildman–Crippen LogP) is 8.01. The third-order valence-corrected chi connectivity index (χ3v) is 7.45. The summed E-state index contributed by atoms with van der Waals surface area (Å²) in [5.74, 6) is 0. The molecule has 7 rings (SSSR count). The molecule has 0 unspecified atom stereocenters. The Balaban J connectivity index is 1.79. The van der Waals surface area contributed by atoms with E-state index in [1.807, 2.05) is 0 Å². The fourth-order valence-electron chi connectivity index (χ4n) is 6.28. The summed E-state index contributed by atoms with van der Waals surface area (Å²) < 4.78 is 0. The first kappa shape index (κ1) is 17.7. The summed E-state index contributed by atoms with van der Waals surface area (Å²) in [6.07, 6.45) is 0. The van der Waals surface area contributed by atoms with Crippen molar-refractivity contribution < 1.29 is 0 Å². The topological polar surface area (TPSA) is 0 Å². The molecule has 0 saturated carbocycles. The summed E-state index contributed by atoms with van der Waals surface area (Å²) in [5.41, 5.74) is 14.5. The third kappa shape index (κ3) is 2.03. The van der Waals surface area contributed by atoms with E-state index in [1.165, 1.54) is 61.2 Å². The molecule has 5 aromatic carbocycles. The van der Waals surface area contributed by atoms with Gasteiger partial charge in [0, 0.05) is 0 Å². The van der Waals surface area contributed by atoms with Crippen LogP contribution in [-0.4, -0.2) is 0 Å². The average Bonchev–Trinajstić information content (AvgIpc) is 3.09. The summed E-state index contributed by atoms with van der Waals surface area (Å²) in [6, 6.07) is 42.8. The number of fused-ring (bicyclic) bond motifs is 12. The van der Waals surface area contributed by atoms with E-state index in [-0.39, 0.29) is 5.41 Å². The Kier molecular flexibility index (Phi) is 3.50. The van der Waals surface area contributed by atoms with Crippen molar-refractivity contribution >= 4 is 0 Å². The van der Waals surface area contributed by atoms with E-state index in [4.69, 9.17) is 0 Å². The highest BCUT2D eigenvalue weighted by atomic mass is 14.5. The molecule has 0 aromatic heterocycles. The molecule has 0 aliphatic heterocycles. The Labute approximate surface area is 188 Å². The summed E-state index contributed by atoms with van der Waals surface area (Å²) in [6.45, 7) is 2.26. The standard InChI is InChI=1S/C32H22/c1-21-11-10-20-30-31(21)26-16-3-2-12-22(26)23-13-4-7-17-27(23)32(30)28-18-8-5-14-24(28)25-15-6-9-19-29(25)32/h2-20H,1H3. The average molecular weight is 407 g/mol. The van der Waals surface area contributed by atoms with Gasteiger partial charge in [0.05, 0.1) is 5.41 Å². The van der Waals surface area contributed by atoms with Crippen LogP contribution >= 0.6 is 0 Å². The zero-order chi connectivity index (χ0) is 21.3. The van der Waals surface area contributed by atoms with Crippen molar-refractivity contribution in [2.24, 2.45) is 0 Å². The van der Waals surface area contributed by atoms with Gasteiger partial charge in [0.15, 0.2) is 0 Å². The highest BCUT2D eigenvalue weighted by Gasteiger charge is 2.49. The molecule has 150 valence electrons. The van der Waals surface area contributed by atoms with E-state index in [0.29, 0.717) is 0 Å².